The molecule has 0 bridgehead atoms. The van der Waals surface area contributed by atoms with Gasteiger partial charge in [-0.25, -0.2) is 4.79 Å². The third-order valence-corrected chi connectivity index (χ3v) is 4.61. The van der Waals surface area contributed by atoms with E-state index in [2.05, 4.69) is 39.4 Å². The van der Waals surface area contributed by atoms with Gasteiger partial charge in [-0.05, 0) is 17.9 Å². The summed E-state index contributed by atoms with van der Waals surface area (Å²) in [5, 5.41) is 2.83. The monoisotopic (exact) mass is 361 g/mol. The molecular weight excluding hydrogens is 330 g/mol. The maximum atomic E-state index is 12.3. The van der Waals surface area contributed by atoms with Crippen molar-refractivity contribution in [2.24, 2.45) is 5.92 Å². The third kappa shape index (κ3) is 6.77. The van der Waals surface area contributed by atoms with Crippen LogP contribution in [0.25, 0.3) is 0 Å². The van der Waals surface area contributed by atoms with Crippen molar-refractivity contribution in [1.82, 2.24) is 15.1 Å². The largest absolute Gasteiger partial charge is 0.467 e. The van der Waals surface area contributed by atoms with Crippen LogP contribution in [0.2, 0.25) is 0 Å². The lowest BCUT2D eigenvalue weighted by Crippen LogP contribution is -2.51. The second-order valence-corrected chi connectivity index (χ2v) is 7.31. The molecule has 1 aliphatic rings. The molecule has 0 aromatic heterocycles. The maximum Gasteiger partial charge on any atom is 0.328 e. The number of nitrogens with zero attached hydrogens (tertiary/aromatic N) is 2. The fraction of sp³-hybridized carbons (Fsp3) is 0.600. The van der Waals surface area contributed by atoms with Crippen molar-refractivity contribution in [3.63, 3.8) is 0 Å². The van der Waals surface area contributed by atoms with Crippen molar-refractivity contribution in [2.45, 2.75) is 32.9 Å². The van der Waals surface area contributed by atoms with Crippen LogP contribution < -0.4 is 5.32 Å². The lowest BCUT2D eigenvalue weighted by molar-refractivity contribution is -0.145. The Hall–Kier alpha value is -1.92. The Morgan fingerprint density at radius 2 is 1.69 bits per heavy atom. The molecule has 26 heavy (non-hydrogen) atoms. The summed E-state index contributed by atoms with van der Waals surface area (Å²) in [5.74, 6) is -0.182. The molecule has 1 unspecified atom stereocenters. The Balaban J connectivity index is 1.75. The van der Waals surface area contributed by atoms with E-state index in [1.54, 1.807) is 0 Å². The molecule has 1 aromatic rings. The Morgan fingerprint density at radius 1 is 1.08 bits per heavy atom. The molecular formula is C20H31N3O3. The van der Waals surface area contributed by atoms with Crippen molar-refractivity contribution in [1.29, 1.82) is 0 Å². The molecule has 1 aliphatic heterocycles. The first kappa shape index (κ1) is 20.4. The lowest BCUT2D eigenvalue weighted by Gasteiger charge is -2.34. The summed E-state index contributed by atoms with van der Waals surface area (Å²) < 4.78 is 4.80. The van der Waals surface area contributed by atoms with E-state index in [1.165, 1.54) is 12.7 Å². The highest BCUT2D eigenvalue weighted by molar-refractivity contribution is 5.85. The molecule has 1 fully saturated rings. The number of piperazine rings is 1. The molecule has 1 saturated heterocycles. The van der Waals surface area contributed by atoms with Crippen LogP contribution in [0, 0.1) is 5.92 Å². The standard InChI is InChI=1S/C20H31N3O3/c1-16(2)13-18(20(25)26-3)21-19(24)15-23-11-9-22(10-12-23)14-17-7-5-4-6-8-17/h4-8,16,18H,9-15H2,1-3H3,(H,21,24). The first-order valence-electron chi connectivity index (χ1n) is 9.33. The number of nitrogens with one attached hydrogen (secondary N) is 1. The first-order chi connectivity index (χ1) is 12.5. The minimum Gasteiger partial charge on any atom is -0.467 e. The van der Waals surface area contributed by atoms with E-state index in [1.807, 2.05) is 19.9 Å². The summed E-state index contributed by atoms with van der Waals surface area (Å²) in [6.45, 7) is 8.90. The first-order valence-corrected chi connectivity index (χ1v) is 9.33. The average molecular weight is 361 g/mol. The summed E-state index contributed by atoms with van der Waals surface area (Å²) in [6, 6.07) is 9.87. The molecule has 2 rings (SSSR count). The van der Waals surface area contributed by atoms with Crippen molar-refractivity contribution >= 4 is 11.9 Å². The van der Waals surface area contributed by atoms with E-state index in [-0.39, 0.29) is 11.9 Å². The fourth-order valence-electron chi connectivity index (χ4n) is 3.22. The Labute approximate surface area is 156 Å². The van der Waals surface area contributed by atoms with E-state index in [0.29, 0.717) is 18.9 Å². The second-order valence-electron chi connectivity index (χ2n) is 7.31. The van der Waals surface area contributed by atoms with E-state index in [4.69, 9.17) is 4.74 Å². The van der Waals surface area contributed by atoms with Crippen molar-refractivity contribution in [3.05, 3.63) is 35.9 Å². The summed E-state index contributed by atoms with van der Waals surface area (Å²) in [4.78, 5) is 28.7. The quantitative estimate of drug-likeness (QED) is 0.711. The minimum absolute atomic E-state index is 0.113. The van der Waals surface area contributed by atoms with Gasteiger partial charge in [0.15, 0.2) is 0 Å². The number of hydrogen-bond donors (Lipinski definition) is 1. The van der Waals surface area contributed by atoms with E-state index in [0.717, 1.165) is 32.7 Å². The number of amides is 1. The van der Waals surface area contributed by atoms with Gasteiger partial charge in [-0.1, -0.05) is 44.2 Å². The SMILES string of the molecule is COC(=O)C(CC(C)C)NC(=O)CN1CCN(Cc2ccccc2)CC1. The van der Waals surface area contributed by atoms with Crippen LogP contribution in [0.15, 0.2) is 30.3 Å². The van der Waals surface area contributed by atoms with Crippen LogP contribution in [0.4, 0.5) is 0 Å². The molecule has 1 amide bonds. The summed E-state index contributed by atoms with van der Waals surface area (Å²) in [6.07, 6.45) is 0.587. The number of carbonyl (C=O) groups is 2. The molecule has 6 nitrogen and oxygen atoms in total. The highest BCUT2D eigenvalue weighted by Crippen LogP contribution is 2.09. The summed E-state index contributed by atoms with van der Waals surface area (Å²) in [5.41, 5.74) is 1.31. The Bertz CT molecular complexity index is 569. The number of ether oxygens (including phenoxy) is 1. The van der Waals surface area contributed by atoms with Crippen molar-refractivity contribution in [3.8, 4) is 0 Å². The molecule has 1 atom stereocenters. The molecule has 1 aromatic carbocycles. The molecule has 1 N–H and O–H groups in total. The molecule has 0 aliphatic carbocycles. The zero-order valence-electron chi connectivity index (χ0n) is 16.1. The minimum atomic E-state index is -0.563. The van der Waals surface area contributed by atoms with Gasteiger partial charge in [0.05, 0.1) is 13.7 Å². The van der Waals surface area contributed by atoms with Gasteiger partial charge in [0.2, 0.25) is 5.91 Å². The molecule has 0 radical (unpaired) electrons. The smallest absolute Gasteiger partial charge is 0.328 e. The maximum absolute atomic E-state index is 12.3. The van der Waals surface area contributed by atoms with Gasteiger partial charge in [-0.2, -0.15) is 0 Å². The topological polar surface area (TPSA) is 61.9 Å². The summed E-state index contributed by atoms with van der Waals surface area (Å²) >= 11 is 0. The molecule has 1 heterocycles. The van der Waals surface area contributed by atoms with Gasteiger partial charge < -0.3 is 10.1 Å². The van der Waals surface area contributed by atoms with Gasteiger partial charge >= 0.3 is 5.97 Å². The van der Waals surface area contributed by atoms with Gasteiger partial charge in [0, 0.05) is 32.7 Å². The van der Waals surface area contributed by atoms with Crippen LogP contribution >= 0.6 is 0 Å². The van der Waals surface area contributed by atoms with Gasteiger partial charge in [0.25, 0.3) is 0 Å². The predicted octanol–water partition coefficient (Wildman–Crippen LogP) is 1.51. The highest BCUT2D eigenvalue weighted by atomic mass is 16.5. The normalized spacial score (nSPS) is 17.1. The number of methoxy groups -OCH3 is 1. The van der Waals surface area contributed by atoms with Gasteiger partial charge in [0.1, 0.15) is 6.04 Å². The average Bonchev–Trinajstić information content (AvgIpc) is 2.62. The number of hydrogen-bond acceptors (Lipinski definition) is 5. The zero-order chi connectivity index (χ0) is 18.9. The van der Waals surface area contributed by atoms with Gasteiger partial charge in [-0.3, -0.25) is 14.6 Å². The molecule has 6 heteroatoms. The molecule has 144 valence electrons. The molecule has 0 saturated carbocycles. The van der Waals surface area contributed by atoms with Crippen LogP contribution in [-0.2, 0) is 20.9 Å². The highest BCUT2D eigenvalue weighted by Gasteiger charge is 2.24. The predicted molar refractivity (Wildman–Crippen MR) is 102 cm³/mol. The van der Waals surface area contributed by atoms with E-state index in [9.17, 15) is 9.59 Å². The van der Waals surface area contributed by atoms with Crippen molar-refractivity contribution < 1.29 is 14.3 Å². The van der Waals surface area contributed by atoms with Crippen LogP contribution in [0.5, 0.6) is 0 Å². The number of benzene rings is 1. The zero-order valence-corrected chi connectivity index (χ0v) is 16.1. The Morgan fingerprint density at radius 3 is 2.27 bits per heavy atom. The van der Waals surface area contributed by atoms with Crippen LogP contribution in [-0.4, -0.2) is 67.6 Å². The third-order valence-electron chi connectivity index (χ3n) is 4.61. The fourth-order valence-corrected chi connectivity index (χ4v) is 3.22. The van der Waals surface area contributed by atoms with E-state index >= 15 is 0 Å². The van der Waals surface area contributed by atoms with E-state index < -0.39 is 6.04 Å². The lowest BCUT2D eigenvalue weighted by atomic mass is 10.0. The summed E-state index contributed by atoms with van der Waals surface area (Å²) in [7, 11) is 1.35. The van der Waals surface area contributed by atoms with Crippen molar-refractivity contribution in [2.75, 3.05) is 39.8 Å². The number of rotatable bonds is 8. The number of carbonyl (C=O) groups excluding carboxylic acids is 2. The second kappa shape index (κ2) is 10.3. The number of esters is 1. The molecule has 0 spiro atoms. The van der Waals surface area contributed by atoms with Crippen LogP contribution in [0.3, 0.4) is 0 Å². The Kier molecular flexibility index (Phi) is 8.06. The van der Waals surface area contributed by atoms with Gasteiger partial charge in [-0.15, -0.1) is 0 Å². The van der Waals surface area contributed by atoms with Crippen LogP contribution in [0.1, 0.15) is 25.8 Å².